The fourth-order valence-corrected chi connectivity index (χ4v) is 2.61. The maximum absolute atomic E-state index is 5.82. The molecule has 1 N–H and O–H groups in total. The number of rotatable bonds is 5. The molecule has 2 aromatic rings. The number of aromatic nitrogens is 3. The van der Waals surface area contributed by atoms with Gasteiger partial charge in [-0.05, 0) is 26.0 Å². The summed E-state index contributed by atoms with van der Waals surface area (Å²) >= 11 is 0. The van der Waals surface area contributed by atoms with Crippen LogP contribution < -0.4 is 5.32 Å². The summed E-state index contributed by atoms with van der Waals surface area (Å²) in [5, 5.41) is 15.1. The lowest BCUT2D eigenvalue weighted by Gasteiger charge is -2.33. The zero-order chi connectivity index (χ0) is 15.4. The molecule has 7 heteroatoms. The molecule has 0 aromatic carbocycles. The van der Waals surface area contributed by atoms with Crippen molar-refractivity contribution in [2.24, 2.45) is 0 Å². The number of morpholine rings is 1. The first-order valence-corrected chi connectivity index (χ1v) is 7.49. The Hall–Kier alpha value is -1.99. The summed E-state index contributed by atoms with van der Waals surface area (Å²) in [5.41, 5.74) is 2.15. The molecule has 0 amide bonds. The van der Waals surface area contributed by atoms with E-state index in [9.17, 15) is 0 Å². The van der Waals surface area contributed by atoms with Crippen LogP contribution in [0.3, 0.4) is 0 Å². The molecule has 118 valence electrons. The molecule has 3 rings (SSSR count). The molecule has 0 aliphatic carbocycles. The van der Waals surface area contributed by atoms with Crippen LogP contribution in [0, 0.1) is 13.8 Å². The van der Waals surface area contributed by atoms with Gasteiger partial charge in [0.2, 0.25) is 0 Å². The third-order valence-electron chi connectivity index (χ3n) is 3.87. The molecule has 1 fully saturated rings. The van der Waals surface area contributed by atoms with Gasteiger partial charge < -0.3 is 14.6 Å². The van der Waals surface area contributed by atoms with Crippen LogP contribution in [-0.4, -0.2) is 52.6 Å². The first-order valence-electron chi connectivity index (χ1n) is 7.49. The van der Waals surface area contributed by atoms with Crippen molar-refractivity contribution < 1.29 is 9.26 Å². The monoisotopic (exact) mass is 303 g/mol. The van der Waals surface area contributed by atoms with E-state index in [4.69, 9.17) is 9.26 Å². The Balaban J connectivity index is 1.53. The van der Waals surface area contributed by atoms with Gasteiger partial charge >= 0.3 is 0 Å². The van der Waals surface area contributed by atoms with E-state index in [0.717, 1.165) is 50.1 Å². The molecule has 7 nitrogen and oxygen atoms in total. The van der Waals surface area contributed by atoms with Crippen LogP contribution in [-0.2, 0) is 11.3 Å². The summed E-state index contributed by atoms with van der Waals surface area (Å²) in [6.07, 6.45) is 1.80. The van der Waals surface area contributed by atoms with E-state index in [1.54, 1.807) is 6.20 Å². The zero-order valence-electron chi connectivity index (χ0n) is 13.0. The van der Waals surface area contributed by atoms with Crippen LogP contribution in [0.2, 0.25) is 0 Å². The molecule has 1 aliphatic heterocycles. The Labute approximate surface area is 129 Å². The lowest BCUT2D eigenvalue weighted by molar-refractivity contribution is -0.0242. The lowest BCUT2D eigenvalue weighted by Crippen LogP contribution is -2.45. The highest BCUT2D eigenvalue weighted by Gasteiger charge is 2.22. The van der Waals surface area contributed by atoms with E-state index >= 15 is 0 Å². The molecule has 0 unspecified atom stereocenters. The second-order valence-electron chi connectivity index (χ2n) is 5.52. The number of ether oxygens (including phenoxy) is 1. The minimum absolute atomic E-state index is 0.135. The topological polar surface area (TPSA) is 76.3 Å². The summed E-state index contributed by atoms with van der Waals surface area (Å²) in [5.74, 6) is 1.67. The van der Waals surface area contributed by atoms with Gasteiger partial charge in [0.25, 0.3) is 0 Å². The molecular formula is C15H21N5O2. The van der Waals surface area contributed by atoms with Crippen molar-refractivity contribution in [1.29, 1.82) is 0 Å². The number of hydrogen-bond donors (Lipinski definition) is 1. The van der Waals surface area contributed by atoms with Gasteiger partial charge in [0, 0.05) is 37.9 Å². The fraction of sp³-hybridized carbons (Fsp3) is 0.533. The Bertz CT molecular complexity index is 582. The lowest BCUT2D eigenvalue weighted by atomic mass is 10.1. The third-order valence-corrected chi connectivity index (χ3v) is 3.87. The molecular weight excluding hydrogens is 282 g/mol. The first kappa shape index (κ1) is 14.9. The highest BCUT2D eigenvalue weighted by Crippen LogP contribution is 2.17. The van der Waals surface area contributed by atoms with Crippen molar-refractivity contribution in [3.63, 3.8) is 0 Å². The van der Waals surface area contributed by atoms with Crippen molar-refractivity contribution in [1.82, 2.24) is 20.3 Å². The van der Waals surface area contributed by atoms with E-state index in [0.29, 0.717) is 0 Å². The average molecular weight is 303 g/mol. The molecule has 1 aliphatic rings. The van der Waals surface area contributed by atoms with Crippen LogP contribution in [0.4, 0.5) is 5.82 Å². The molecule has 3 heterocycles. The van der Waals surface area contributed by atoms with E-state index in [1.807, 2.05) is 26.0 Å². The second kappa shape index (κ2) is 6.85. The third kappa shape index (κ3) is 3.61. The summed E-state index contributed by atoms with van der Waals surface area (Å²) in [6.45, 7) is 8.05. The number of aryl methyl sites for hydroxylation is 2. The maximum Gasteiger partial charge on any atom is 0.148 e. The number of hydrogen-bond acceptors (Lipinski definition) is 7. The summed E-state index contributed by atoms with van der Waals surface area (Å²) in [6, 6.07) is 3.76. The summed E-state index contributed by atoms with van der Waals surface area (Å²) in [4.78, 5) is 2.37. The van der Waals surface area contributed by atoms with Crippen LogP contribution in [0.1, 0.15) is 17.0 Å². The molecule has 0 radical (unpaired) electrons. The van der Waals surface area contributed by atoms with Gasteiger partial charge in [-0.3, -0.25) is 4.90 Å². The van der Waals surface area contributed by atoms with Gasteiger partial charge in [-0.1, -0.05) is 5.16 Å². The highest BCUT2D eigenvalue weighted by atomic mass is 16.5. The van der Waals surface area contributed by atoms with Crippen molar-refractivity contribution in [3.8, 4) is 0 Å². The highest BCUT2D eigenvalue weighted by molar-refractivity contribution is 5.31. The number of anilines is 1. The molecule has 1 saturated heterocycles. The van der Waals surface area contributed by atoms with Crippen LogP contribution in [0.25, 0.3) is 0 Å². The Morgan fingerprint density at radius 1 is 1.41 bits per heavy atom. The van der Waals surface area contributed by atoms with E-state index < -0.39 is 0 Å². The van der Waals surface area contributed by atoms with Gasteiger partial charge in [0.15, 0.2) is 0 Å². The quantitative estimate of drug-likeness (QED) is 0.894. The minimum Gasteiger partial charge on any atom is -0.374 e. The summed E-state index contributed by atoms with van der Waals surface area (Å²) < 4.78 is 11.1. The number of nitrogens with zero attached hydrogens (tertiary/aromatic N) is 4. The average Bonchev–Trinajstić information content (AvgIpc) is 2.86. The molecule has 1 atom stereocenters. The van der Waals surface area contributed by atoms with Gasteiger partial charge in [-0.25, -0.2) is 0 Å². The normalized spacial score (nSPS) is 19.3. The number of nitrogens with one attached hydrogen (secondary N) is 1. The fourth-order valence-electron chi connectivity index (χ4n) is 2.61. The zero-order valence-corrected chi connectivity index (χ0v) is 13.0. The predicted molar refractivity (Wildman–Crippen MR) is 81.5 cm³/mol. The van der Waals surface area contributed by atoms with Crippen molar-refractivity contribution in [2.45, 2.75) is 26.5 Å². The van der Waals surface area contributed by atoms with E-state index in [2.05, 4.69) is 25.6 Å². The second-order valence-corrected chi connectivity index (χ2v) is 5.52. The molecule has 2 aromatic heterocycles. The SMILES string of the molecule is Cc1noc(C)c1CN1CCO[C@H](CNc2cccnn2)C1. The van der Waals surface area contributed by atoms with Crippen LogP contribution in [0.5, 0.6) is 0 Å². The van der Waals surface area contributed by atoms with Gasteiger partial charge in [-0.2, -0.15) is 5.10 Å². The smallest absolute Gasteiger partial charge is 0.148 e. The van der Waals surface area contributed by atoms with Crippen LogP contribution >= 0.6 is 0 Å². The standard InChI is InChI=1S/C15H21N5O2/c1-11-14(12(2)22-19-11)10-20-6-7-21-13(9-20)8-16-15-4-3-5-17-18-15/h3-5,13H,6-10H2,1-2H3,(H,16,18)/t13-/m1/s1. The van der Waals surface area contributed by atoms with E-state index in [-0.39, 0.29) is 6.10 Å². The Morgan fingerprint density at radius 2 is 2.32 bits per heavy atom. The summed E-state index contributed by atoms with van der Waals surface area (Å²) in [7, 11) is 0. The van der Waals surface area contributed by atoms with Crippen molar-refractivity contribution >= 4 is 5.82 Å². The van der Waals surface area contributed by atoms with Crippen molar-refractivity contribution in [2.75, 3.05) is 31.6 Å². The van der Waals surface area contributed by atoms with Crippen LogP contribution in [0.15, 0.2) is 22.9 Å². The largest absolute Gasteiger partial charge is 0.374 e. The minimum atomic E-state index is 0.135. The van der Waals surface area contributed by atoms with Crippen molar-refractivity contribution in [3.05, 3.63) is 35.3 Å². The van der Waals surface area contributed by atoms with Gasteiger partial charge in [0.05, 0.1) is 18.4 Å². The van der Waals surface area contributed by atoms with Gasteiger partial charge in [0.1, 0.15) is 11.6 Å². The Kier molecular flexibility index (Phi) is 4.65. The van der Waals surface area contributed by atoms with Gasteiger partial charge in [-0.15, -0.1) is 5.10 Å². The molecule has 22 heavy (non-hydrogen) atoms. The first-order chi connectivity index (χ1) is 10.7. The maximum atomic E-state index is 5.82. The molecule has 0 bridgehead atoms. The van der Waals surface area contributed by atoms with E-state index in [1.165, 1.54) is 5.56 Å². The Morgan fingerprint density at radius 3 is 3.05 bits per heavy atom. The molecule has 0 spiro atoms. The predicted octanol–water partition coefficient (Wildman–Crippen LogP) is 1.39. The molecule has 0 saturated carbocycles.